The van der Waals surface area contributed by atoms with Gasteiger partial charge < -0.3 is 74.4 Å². The number of nitrogens with one attached hydrogen (secondary N) is 4. The van der Waals surface area contributed by atoms with Gasteiger partial charge in [-0.25, -0.2) is 18.4 Å². The maximum Gasteiger partial charge on any atom is 0.311 e. The van der Waals surface area contributed by atoms with Crippen LogP contribution in [-0.2, 0) is 87.8 Å². The number of nitrogens with zero attached hydrogens (tertiary/aromatic N) is 2. The van der Waals surface area contributed by atoms with Crippen LogP contribution in [0.4, 0.5) is 5.69 Å². The molecule has 0 bridgehead atoms. The summed E-state index contributed by atoms with van der Waals surface area (Å²) in [6, 6.07) is 6.00. The van der Waals surface area contributed by atoms with Crippen molar-refractivity contribution in [1.82, 2.24) is 25.9 Å². The molecule has 0 unspecified atom stereocenters. The number of nitrogens with two attached hydrogens (primary N) is 1. The molecule has 25 heteroatoms. The van der Waals surface area contributed by atoms with Crippen molar-refractivity contribution in [2.24, 2.45) is 11.1 Å². The minimum absolute atomic E-state index is 0.0935. The van der Waals surface area contributed by atoms with Crippen molar-refractivity contribution in [2.75, 3.05) is 150 Å². The molecule has 4 amide bonds. The Balaban J connectivity index is 1.31. The molecule has 6 N–H and O–H groups in total. The summed E-state index contributed by atoms with van der Waals surface area (Å²) in [6.07, 6.45) is 6.79. The standard InChI is InChI=1S/C51H81N7O17S/c1-51(2,3)49(63)75-38-41-13-15-43(16-14-41)57-48(62)44(11-8-9-17-52)58-47(61)40-74-39-46(60)54-19-21-67-23-25-69-27-29-71-31-33-73-35-34-72-32-30-70-28-26-68-24-22-66-20-18-53-45(59)12-7-5-6-10-42-36-55-50(56-37-42)76(4,64)65/h13-16,36-37,44H,5,7-9,11-12,17-35,38-40,52H2,1-4H3,(H,53,59)(H,54,60)(H,57,62)(H,58,61)/t44-/m0/s1. The van der Waals surface area contributed by atoms with Gasteiger partial charge in [-0.05, 0) is 70.7 Å². The van der Waals surface area contributed by atoms with Gasteiger partial charge in [0.2, 0.25) is 38.6 Å². The third-order valence-electron chi connectivity index (χ3n) is 9.91. The molecule has 76 heavy (non-hydrogen) atoms. The predicted octanol–water partition coefficient (Wildman–Crippen LogP) is 1.13. The maximum atomic E-state index is 13.1. The molecule has 1 aromatic heterocycles. The van der Waals surface area contributed by atoms with E-state index < -0.39 is 45.6 Å². The summed E-state index contributed by atoms with van der Waals surface area (Å²) in [5.74, 6) is 3.97. The number of carbonyl (C=O) groups is 5. The lowest BCUT2D eigenvalue weighted by atomic mass is 9.97. The van der Waals surface area contributed by atoms with Gasteiger partial charge in [0.25, 0.3) is 0 Å². The van der Waals surface area contributed by atoms with Crippen LogP contribution >= 0.6 is 0 Å². The fraction of sp³-hybridized carbons (Fsp3) is 0.667. The first kappa shape index (κ1) is 66.9. The van der Waals surface area contributed by atoms with E-state index in [4.69, 9.17) is 53.1 Å². The van der Waals surface area contributed by atoms with Crippen LogP contribution in [0.15, 0.2) is 41.8 Å². The van der Waals surface area contributed by atoms with Crippen LogP contribution in [0.5, 0.6) is 0 Å². The van der Waals surface area contributed by atoms with Gasteiger partial charge in [0.1, 0.15) is 25.9 Å². The van der Waals surface area contributed by atoms with Crippen molar-refractivity contribution in [3.8, 4) is 11.8 Å². The largest absolute Gasteiger partial charge is 0.460 e. The quantitative estimate of drug-likeness (QED) is 0.0269. The topological polar surface area (TPSA) is 312 Å². The number of amides is 4. The number of anilines is 1. The molecule has 0 saturated carbocycles. The lowest BCUT2D eigenvalue weighted by Gasteiger charge is -2.19. The Morgan fingerprint density at radius 1 is 0.632 bits per heavy atom. The Kier molecular flexibility index (Phi) is 36.8. The van der Waals surface area contributed by atoms with Crippen LogP contribution in [0.2, 0.25) is 0 Å². The van der Waals surface area contributed by atoms with Crippen molar-refractivity contribution in [2.45, 2.75) is 77.1 Å². The highest BCUT2D eigenvalue weighted by molar-refractivity contribution is 7.90. The molecule has 0 spiro atoms. The second-order valence-corrected chi connectivity index (χ2v) is 19.6. The van der Waals surface area contributed by atoms with Gasteiger partial charge in [0, 0.05) is 50.3 Å². The molecule has 428 valence electrons. The zero-order valence-corrected chi connectivity index (χ0v) is 45.5. The molecule has 0 aliphatic carbocycles. The summed E-state index contributed by atoms with van der Waals surface area (Å²) in [5, 5.41) is 10.7. The molecule has 0 aliphatic heterocycles. The third kappa shape index (κ3) is 35.9. The van der Waals surface area contributed by atoms with Crippen molar-refractivity contribution in [3.63, 3.8) is 0 Å². The Morgan fingerprint density at radius 3 is 1.58 bits per heavy atom. The number of benzene rings is 1. The predicted molar refractivity (Wildman–Crippen MR) is 278 cm³/mol. The van der Waals surface area contributed by atoms with E-state index in [2.05, 4.69) is 43.1 Å². The zero-order chi connectivity index (χ0) is 55.5. The first-order valence-corrected chi connectivity index (χ1v) is 27.3. The second kappa shape index (κ2) is 41.9. The van der Waals surface area contributed by atoms with Crippen molar-refractivity contribution < 1.29 is 79.8 Å². The van der Waals surface area contributed by atoms with Gasteiger partial charge in [-0.3, -0.25) is 24.0 Å². The Hall–Kier alpha value is -5.24. The zero-order valence-electron chi connectivity index (χ0n) is 44.7. The SMILES string of the molecule is CC(C)(C)C(=O)OCc1ccc(NC(=O)[C@H](CCCCN)NC(=O)COCC(=O)NCCOCCOCCOCCOCCOCCOCCOCCOCCNC(=O)CCCC#Cc2cnc(S(C)(=O)=O)nc2)cc1. The van der Waals surface area contributed by atoms with E-state index in [1.54, 1.807) is 45.0 Å². The summed E-state index contributed by atoms with van der Waals surface area (Å²) in [6.45, 7) is 12.0. The number of esters is 1. The van der Waals surface area contributed by atoms with E-state index >= 15 is 0 Å². The van der Waals surface area contributed by atoms with Crippen LogP contribution in [0.3, 0.4) is 0 Å². The highest BCUT2D eigenvalue weighted by Crippen LogP contribution is 2.18. The molecule has 0 aliphatic rings. The molecule has 0 saturated heterocycles. The van der Waals surface area contributed by atoms with E-state index in [9.17, 15) is 32.4 Å². The number of carbonyl (C=O) groups excluding carboxylic acids is 5. The molecule has 0 fully saturated rings. The number of unbranched alkanes of at least 4 members (excludes halogenated alkanes) is 2. The number of sulfone groups is 1. The first-order valence-electron chi connectivity index (χ1n) is 25.4. The number of rotatable bonds is 44. The van der Waals surface area contributed by atoms with Gasteiger partial charge in [0.15, 0.2) is 0 Å². The lowest BCUT2D eigenvalue weighted by molar-refractivity contribution is -0.154. The van der Waals surface area contributed by atoms with Gasteiger partial charge in [-0.2, -0.15) is 0 Å². The van der Waals surface area contributed by atoms with Gasteiger partial charge in [-0.15, -0.1) is 0 Å². The minimum Gasteiger partial charge on any atom is -0.460 e. The molecule has 1 heterocycles. The molecule has 1 aromatic carbocycles. The normalized spacial score (nSPS) is 11.8. The average molecular weight is 1100 g/mol. The number of hydrogen-bond acceptors (Lipinski definition) is 20. The molecular weight excluding hydrogens is 1010 g/mol. The van der Waals surface area contributed by atoms with E-state index in [0.717, 1.165) is 11.8 Å². The summed E-state index contributed by atoms with van der Waals surface area (Å²) < 4.78 is 77.3. The van der Waals surface area contributed by atoms with Crippen LogP contribution in [0.1, 0.15) is 70.4 Å². The highest BCUT2D eigenvalue weighted by Gasteiger charge is 2.24. The minimum atomic E-state index is -3.46. The Morgan fingerprint density at radius 2 is 1.11 bits per heavy atom. The molecule has 1 atom stereocenters. The maximum absolute atomic E-state index is 13.1. The highest BCUT2D eigenvalue weighted by atomic mass is 32.2. The first-order chi connectivity index (χ1) is 36.6. The lowest BCUT2D eigenvalue weighted by Crippen LogP contribution is -2.45. The van der Waals surface area contributed by atoms with Gasteiger partial charge in [-0.1, -0.05) is 24.0 Å². The van der Waals surface area contributed by atoms with Crippen LogP contribution in [0, 0.1) is 17.3 Å². The molecule has 2 rings (SSSR count). The molecule has 24 nitrogen and oxygen atoms in total. The van der Waals surface area contributed by atoms with E-state index in [1.807, 2.05) is 0 Å². The Bertz CT molecular complexity index is 2100. The number of hydrogen-bond donors (Lipinski definition) is 5. The van der Waals surface area contributed by atoms with Crippen molar-refractivity contribution >= 4 is 45.1 Å². The summed E-state index contributed by atoms with van der Waals surface area (Å²) in [5.41, 5.74) is 6.77. The summed E-state index contributed by atoms with van der Waals surface area (Å²) in [4.78, 5) is 69.5. The summed E-state index contributed by atoms with van der Waals surface area (Å²) in [7, 11) is -3.46. The number of aromatic nitrogens is 2. The Labute approximate surface area is 447 Å². The number of ether oxygens (including phenoxy) is 10. The third-order valence-corrected chi connectivity index (χ3v) is 10.8. The van der Waals surface area contributed by atoms with Crippen LogP contribution < -0.4 is 27.0 Å². The smallest absolute Gasteiger partial charge is 0.311 e. The van der Waals surface area contributed by atoms with Crippen molar-refractivity contribution in [3.05, 3.63) is 47.8 Å². The fourth-order valence-electron chi connectivity index (χ4n) is 5.89. The van der Waals surface area contributed by atoms with Crippen LogP contribution in [0.25, 0.3) is 0 Å². The van der Waals surface area contributed by atoms with E-state index in [-0.39, 0.29) is 43.4 Å². The van der Waals surface area contributed by atoms with Gasteiger partial charge in [0.05, 0.1) is 117 Å². The molecule has 0 radical (unpaired) electrons. The molecule has 2 aromatic rings. The monoisotopic (exact) mass is 1100 g/mol. The van der Waals surface area contributed by atoms with Gasteiger partial charge >= 0.3 is 5.97 Å². The fourth-order valence-corrected chi connectivity index (χ4v) is 6.38. The second-order valence-electron chi connectivity index (χ2n) is 17.7. The molecular formula is C51H81N7O17S. The average Bonchev–Trinajstić information content (AvgIpc) is 3.38. The van der Waals surface area contributed by atoms with E-state index in [1.165, 1.54) is 12.4 Å². The summed E-state index contributed by atoms with van der Waals surface area (Å²) >= 11 is 0. The van der Waals surface area contributed by atoms with Crippen LogP contribution in [-0.4, -0.2) is 199 Å². The van der Waals surface area contributed by atoms with E-state index in [0.29, 0.717) is 162 Å². The van der Waals surface area contributed by atoms with Crippen molar-refractivity contribution in [1.29, 1.82) is 0 Å².